The Hall–Kier alpha value is -4.13. The molecule has 1 aromatic heterocycles. The molecule has 0 unspecified atom stereocenters. The summed E-state index contributed by atoms with van der Waals surface area (Å²) < 4.78 is 5.26. The van der Waals surface area contributed by atoms with E-state index in [1.165, 1.54) is 12.3 Å². The molecule has 3 N–H and O–H groups in total. The molecule has 7 heteroatoms. The number of rotatable bonds is 7. The smallest absolute Gasteiger partial charge is 0.268 e. The minimum Gasteiger partial charge on any atom is -0.465 e. The van der Waals surface area contributed by atoms with Crippen LogP contribution in [0.1, 0.15) is 32.0 Å². The summed E-state index contributed by atoms with van der Waals surface area (Å²) in [6.45, 7) is 0.226. The molecule has 0 spiro atoms. The van der Waals surface area contributed by atoms with Gasteiger partial charge in [-0.15, -0.1) is 0 Å². The summed E-state index contributed by atoms with van der Waals surface area (Å²) in [7, 11) is 1.56. The molecule has 0 fully saturated rings. The predicted octanol–water partition coefficient (Wildman–Crippen LogP) is 2.73. The van der Waals surface area contributed by atoms with Gasteiger partial charge in [-0.25, -0.2) is 0 Å². The molecule has 3 rings (SSSR count). The lowest BCUT2D eigenvalue weighted by Crippen LogP contribution is -2.34. The molecule has 0 radical (unpaired) electrons. The Bertz CT molecular complexity index is 1040. The molecule has 1 heterocycles. The lowest BCUT2D eigenvalue weighted by Gasteiger charge is -2.11. The fourth-order valence-corrected chi connectivity index (χ4v) is 2.65. The summed E-state index contributed by atoms with van der Waals surface area (Å²) in [5, 5.41) is 7.96. The monoisotopic (exact) mass is 403 g/mol. The van der Waals surface area contributed by atoms with Crippen LogP contribution >= 0.6 is 0 Å². The Morgan fingerprint density at radius 2 is 1.57 bits per heavy atom. The second-order valence-corrected chi connectivity index (χ2v) is 6.35. The third-order valence-corrected chi connectivity index (χ3v) is 4.25. The van der Waals surface area contributed by atoms with Gasteiger partial charge in [0.25, 0.3) is 17.7 Å². The Morgan fingerprint density at radius 3 is 2.20 bits per heavy atom. The van der Waals surface area contributed by atoms with E-state index in [0.29, 0.717) is 16.9 Å². The van der Waals surface area contributed by atoms with Gasteiger partial charge >= 0.3 is 0 Å². The van der Waals surface area contributed by atoms with Crippen molar-refractivity contribution >= 4 is 23.8 Å². The van der Waals surface area contributed by atoms with Crippen LogP contribution in [0.3, 0.4) is 0 Å². The van der Waals surface area contributed by atoms with Crippen molar-refractivity contribution in [3.63, 3.8) is 0 Å². The summed E-state index contributed by atoms with van der Waals surface area (Å²) in [5.74, 6) is -0.620. The van der Waals surface area contributed by atoms with Crippen LogP contribution in [0.15, 0.2) is 83.1 Å². The van der Waals surface area contributed by atoms with E-state index in [-0.39, 0.29) is 18.1 Å². The summed E-state index contributed by atoms with van der Waals surface area (Å²) in [5.41, 5.74) is 1.82. The zero-order valence-electron chi connectivity index (χ0n) is 16.3. The van der Waals surface area contributed by atoms with Crippen molar-refractivity contribution in [3.05, 3.63) is 101 Å². The molecule has 152 valence electrons. The minimum absolute atomic E-state index is 0.0563. The molecule has 3 amide bonds. The number of amides is 3. The molecule has 30 heavy (non-hydrogen) atoms. The van der Waals surface area contributed by atoms with Crippen molar-refractivity contribution in [2.75, 3.05) is 7.05 Å². The van der Waals surface area contributed by atoms with Gasteiger partial charge in [0.15, 0.2) is 0 Å². The van der Waals surface area contributed by atoms with E-state index >= 15 is 0 Å². The first-order chi connectivity index (χ1) is 14.6. The first-order valence-corrected chi connectivity index (χ1v) is 9.27. The highest BCUT2D eigenvalue weighted by Gasteiger charge is 2.15. The highest BCUT2D eigenvalue weighted by molar-refractivity contribution is 6.05. The summed E-state index contributed by atoms with van der Waals surface area (Å²) >= 11 is 0. The third kappa shape index (κ3) is 5.45. The maximum atomic E-state index is 12.7. The zero-order chi connectivity index (χ0) is 21.3. The Morgan fingerprint density at radius 1 is 0.867 bits per heavy atom. The van der Waals surface area contributed by atoms with Gasteiger partial charge in [-0.3, -0.25) is 14.4 Å². The van der Waals surface area contributed by atoms with Gasteiger partial charge in [0, 0.05) is 30.8 Å². The number of hydrogen-bond donors (Lipinski definition) is 3. The van der Waals surface area contributed by atoms with Crippen molar-refractivity contribution in [3.8, 4) is 0 Å². The first-order valence-electron chi connectivity index (χ1n) is 9.27. The topological polar surface area (TPSA) is 100 Å². The van der Waals surface area contributed by atoms with Gasteiger partial charge < -0.3 is 20.4 Å². The van der Waals surface area contributed by atoms with Gasteiger partial charge in [-0.2, -0.15) is 0 Å². The SMILES string of the molecule is CNC(=O)c1ccc(CNC(=O)C(=Cc2ccco2)NC(=O)c2ccccc2)cc1. The van der Waals surface area contributed by atoms with E-state index < -0.39 is 11.8 Å². The molecule has 2 aromatic carbocycles. The van der Waals surface area contributed by atoms with Crippen LogP contribution in [-0.2, 0) is 11.3 Å². The molecule has 0 saturated heterocycles. The summed E-state index contributed by atoms with van der Waals surface area (Å²) in [4.78, 5) is 36.8. The van der Waals surface area contributed by atoms with Crippen molar-refractivity contribution in [1.82, 2.24) is 16.0 Å². The van der Waals surface area contributed by atoms with Gasteiger partial charge in [-0.1, -0.05) is 30.3 Å². The Kier molecular flexibility index (Phi) is 6.78. The summed E-state index contributed by atoms with van der Waals surface area (Å²) in [6, 6.07) is 18.8. The van der Waals surface area contributed by atoms with Crippen molar-refractivity contribution in [2.24, 2.45) is 0 Å². The van der Waals surface area contributed by atoms with Gasteiger partial charge in [0.05, 0.1) is 6.26 Å². The van der Waals surface area contributed by atoms with Crippen molar-refractivity contribution in [1.29, 1.82) is 0 Å². The van der Waals surface area contributed by atoms with E-state index in [2.05, 4.69) is 16.0 Å². The number of furan rings is 1. The second kappa shape index (κ2) is 9.88. The van der Waals surface area contributed by atoms with Gasteiger partial charge in [0.2, 0.25) is 0 Å². The molecule has 0 aliphatic rings. The fraction of sp³-hybridized carbons (Fsp3) is 0.0870. The molecule has 0 bridgehead atoms. The number of carbonyl (C=O) groups excluding carboxylic acids is 3. The lowest BCUT2D eigenvalue weighted by molar-refractivity contribution is -0.117. The second-order valence-electron chi connectivity index (χ2n) is 6.35. The quantitative estimate of drug-likeness (QED) is 0.528. The van der Waals surface area contributed by atoms with Gasteiger partial charge in [0.1, 0.15) is 11.5 Å². The van der Waals surface area contributed by atoms with Crippen LogP contribution in [0.25, 0.3) is 6.08 Å². The molecule has 0 aliphatic heterocycles. The van der Waals surface area contributed by atoms with Crippen molar-refractivity contribution < 1.29 is 18.8 Å². The predicted molar refractivity (Wildman–Crippen MR) is 112 cm³/mol. The lowest BCUT2D eigenvalue weighted by atomic mass is 10.1. The van der Waals surface area contributed by atoms with E-state index in [1.807, 2.05) is 0 Å². The molecule has 0 atom stereocenters. The molecule has 0 aliphatic carbocycles. The first kappa shape index (κ1) is 20.6. The van der Waals surface area contributed by atoms with Gasteiger partial charge in [-0.05, 0) is 42.0 Å². The number of benzene rings is 2. The fourth-order valence-electron chi connectivity index (χ4n) is 2.65. The zero-order valence-corrected chi connectivity index (χ0v) is 16.3. The highest BCUT2D eigenvalue weighted by atomic mass is 16.3. The van der Waals surface area contributed by atoms with E-state index in [9.17, 15) is 14.4 Å². The van der Waals surface area contributed by atoms with Crippen LogP contribution in [0.5, 0.6) is 0 Å². The average Bonchev–Trinajstić information content (AvgIpc) is 3.30. The Labute approximate surface area is 173 Å². The number of carbonyl (C=O) groups is 3. The standard InChI is InChI=1S/C23H21N3O4/c1-24-21(27)18-11-9-16(10-12-18)15-25-23(29)20(14-19-8-5-13-30-19)26-22(28)17-6-3-2-4-7-17/h2-14H,15H2,1H3,(H,24,27)(H,25,29)(H,26,28). The molecular formula is C23H21N3O4. The van der Waals surface area contributed by atoms with E-state index in [4.69, 9.17) is 4.42 Å². The maximum Gasteiger partial charge on any atom is 0.268 e. The molecular weight excluding hydrogens is 382 g/mol. The molecule has 0 saturated carbocycles. The van der Waals surface area contributed by atoms with Crippen molar-refractivity contribution in [2.45, 2.75) is 6.54 Å². The largest absolute Gasteiger partial charge is 0.465 e. The maximum absolute atomic E-state index is 12.7. The summed E-state index contributed by atoms with van der Waals surface area (Å²) in [6.07, 6.45) is 2.94. The van der Waals surface area contributed by atoms with Crippen LogP contribution in [-0.4, -0.2) is 24.8 Å². The van der Waals surface area contributed by atoms with Crippen LogP contribution in [0.2, 0.25) is 0 Å². The van der Waals surface area contributed by atoms with Crippen LogP contribution in [0.4, 0.5) is 0 Å². The third-order valence-electron chi connectivity index (χ3n) is 4.25. The minimum atomic E-state index is -0.467. The van der Waals surface area contributed by atoms with Crippen LogP contribution < -0.4 is 16.0 Å². The van der Waals surface area contributed by atoms with Crippen LogP contribution in [0, 0.1) is 0 Å². The normalized spacial score (nSPS) is 10.9. The molecule has 7 nitrogen and oxygen atoms in total. The number of hydrogen-bond acceptors (Lipinski definition) is 4. The van der Waals surface area contributed by atoms with E-state index in [0.717, 1.165) is 5.56 Å². The van der Waals surface area contributed by atoms with E-state index in [1.54, 1.807) is 73.8 Å². The highest BCUT2D eigenvalue weighted by Crippen LogP contribution is 2.09. The average molecular weight is 403 g/mol. The molecule has 3 aromatic rings. The number of nitrogens with one attached hydrogen (secondary N) is 3. The Balaban J connectivity index is 1.71.